The van der Waals surface area contributed by atoms with Crippen molar-refractivity contribution in [2.75, 3.05) is 0 Å². The van der Waals surface area contributed by atoms with E-state index in [0.717, 1.165) is 11.1 Å². The van der Waals surface area contributed by atoms with Crippen LogP contribution in [0.2, 0.25) is 15.1 Å². The zero-order chi connectivity index (χ0) is 13.1. The third kappa shape index (κ3) is 3.13. The Morgan fingerprint density at radius 2 is 1.50 bits per heavy atom. The summed E-state index contributed by atoms with van der Waals surface area (Å²) in [5.74, 6) is 0. The first-order valence-electron chi connectivity index (χ1n) is 5.41. The van der Waals surface area contributed by atoms with Crippen molar-refractivity contribution < 1.29 is 0 Å². The summed E-state index contributed by atoms with van der Waals surface area (Å²) in [6.07, 6.45) is 0.612. The van der Waals surface area contributed by atoms with Gasteiger partial charge in [-0.05, 0) is 29.7 Å². The van der Waals surface area contributed by atoms with E-state index < -0.39 is 0 Å². The van der Waals surface area contributed by atoms with Crippen LogP contribution in [0.1, 0.15) is 16.5 Å². The maximum Gasteiger partial charge on any atom is 0.0641 e. The minimum Gasteiger partial charge on any atom is -0.117 e. The lowest BCUT2D eigenvalue weighted by molar-refractivity contribution is 0.920. The number of hydrogen-bond donors (Lipinski definition) is 0. The van der Waals surface area contributed by atoms with Crippen molar-refractivity contribution in [1.82, 2.24) is 0 Å². The topological polar surface area (TPSA) is 0 Å². The molecule has 0 amide bonds. The van der Waals surface area contributed by atoms with Crippen LogP contribution in [0, 0.1) is 0 Å². The fraction of sp³-hybridized carbons (Fsp3) is 0.143. The molecule has 0 saturated heterocycles. The summed E-state index contributed by atoms with van der Waals surface area (Å²) in [7, 11) is 0. The van der Waals surface area contributed by atoms with Crippen LogP contribution in [0.5, 0.6) is 0 Å². The van der Waals surface area contributed by atoms with Gasteiger partial charge in [0.2, 0.25) is 0 Å². The molecular formula is C14H10Cl4. The van der Waals surface area contributed by atoms with Gasteiger partial charge in [0.25, 0.3) is 0 Å². The highest BCUT2D eigenvalue weighted by atomic mass is 35.5. The average molecular weight is 320 g/mol. The predicted octanol–water partition coefficient (Wildman–Crippen LogP) is 6.17. The van der Waals surface area contributed by atoms with Crippen LogP contribution < -0.4 is 0 Å². The van der Waals surface area contributed by atoms with Crippen LogP contribution in [-0.4, -0.2) is 0 Å². The number of rotatable bonds is 3. The summed E-state index contributed by atoms with van der Waals surface area (Å²) in [5.41, 5.74) is 1.82. The Bertz CT molecular complexity index is 551. The molecule has 94 valence electrons. The third-order valence-corrected chi connectivity index (χ3v) is 4.27. The molecule has 2 aromatic rings. The maximum absolute atomic E-state index is 6.39. The van der Waals surface area contributed by atoms with Crippen LogP contribution in [0.4, 0.5) is 0 Å². The molecule has 0 spiro atoms. The van der Waals surface area contributed by atoms with Crippen molar-refractivity contribution in [2.24, 2.45) is 0 Å². The molecule has 18 heavy (non-hydrogen) atoms. The lowest BCUT2D eigenvalue weighted by Crippen LogP contribution is -1.97. The molecule has 2 aromatic carbocycles. The second-order valence-corrected chi connectivity index (χ2v) is 5.63. The molecule has 0 saturated carbocycles. The molecule has 2 rings (SSSR count). The molecule has 0 aromatic heterocycles. The van der Waals surface area contributed by atoms with Crippen LogP contribution in [0.3, 0.4) is 0 Å². The van der Waals surface area contributed by atoms with Gasteiger partial charge in [0.05, 0.1) is 15.4 Å². The molecule has 1 atom stereocenters. The van der Waals surface area contributed by atoms with Gasteiger partial charge < -0.3 is 0 Å². The van der Waals surface area contributed by atoms with E-state index in [1.165, 1.54) is 0 Å². The van der Waals surface area contributed by atoms with Crippen LogP contribution >= 0.6 is 46.4 Å². The first-order valence-corrected chi connectivity index (χ1v) is 6.98. The summed E-state index contributed by atoms with van der Waals surface area (Å²) >= 11 is 24.6. The van der Waals surface area contributed by atoms with Gasteiger partial charge in [-0.1, -0.05) is 65.1 Å². The summed E-state index contributed by atoms with van der Waals surface area (Å²) in [6.45, 7) is 0. The summed E-state index contributed by atoms with van der Waals surface area (Å²) in [6, 6.07) is 13.1. The van der Waals surface area contributed by atoms with Gasteiger partial charge >= 0.3 is 0 Å². The minimum absolute atomic E-state index is 0.254. The highest BCUT2D eigenvalue weighted by Gasteiger charge is 2.15. The maximum atomic E-state index is 6.39. The van der Waals surface area contributed by atoms with E-state index in [0.29, 0.717) is 21.5 Å². The van der Waals surface area contributed by atoms with Crippen molar-refractivity contribution in [2.45, 2.75) is 11.8 Å². The van der Waals surface area contributed by atoms with Crippen LogP contribution in [0.15, 0.2) is 42.5 Å². The summed E-state index contributed by atoms with van der Waals surface area (Å²) < 4.78 is 0. The van der Waals surface area contributed by atoms with E-state index in [9.17, 15) is 0 Å². The van der Waals surface area contributed by atoms with Gasteiger partial charge in [0.1, 0.15) is 0 Å². The molecule has 1 unspecified atom stereocenters. The quantitative estimate of drug-likeness (QED) is 0.593. The summed E-state index contributed by atoms with van der Waals surface area (Å²) in [4.78, 5) is 0. The van der Waals surface area contributed by atoms with Gasteiger partial charge in [0, 0.05) is 5.02 Å². The smallest absolute Gasteiger partial charge is 0.0641 e. The molecule has 0 heterocycles. The van der Waals surface area contributed by atoms with E-state index >= 15 is 0 Å². The van der Waals surface area contributed by atoms with E-state index in [1.807, 2.05) is 36.4 Å². The van der Waals surface area contributed by atoms with Crippen molar-refractivity contribution in [3.63, 3.8) is 0 Å². The molecule has 0 aliphatic carbocycles. The minimum atomic E-state index is -0.254. The van der Waals surface area contributed by atoms with Crippen LogP contribution in [-0.2, 0) is 6.42 Å². The van der Waals surface area contributed by atoms with Crippen molar-refractivity contribution in [3.05, 3.63) is 68.7 Å². The predicted molar refractivity (Wildman–Crippen MR) is 80.2 cm³/mol. The van der Waals surface area contributed by atoms with Crippen LogP contribution in [0.25, 0.3) is 0 Å². The average Bonchev–Trinajstić information content (AvgIpc) is 2.35. The number of alkyl halides is 1. The van der Waals surface area contributed by atoms with Crippen molar-refractivity contribution in [3.8, 4) is 0 Å². The van der Waals surface area contributed by atoms with Gasteiger partial charge in [0.15, 0.2) is 0 Å². The molecule has 0 bridgehead atoms. The first kappa shape index (κ1) is 14.0. The molecule has 0 aliphatic rings. The molecule has 4 heteroatoms. The van der Waals surface area contributed by atoms with Gasteiger partial charge in [-0.2, -0.15) is 0 Å². The fourth-order valence-electron chi connectivity index (χ4n) is 1.73. The van der Waals surface area contributed by atoms with E-state index in [-0.39, 0.29) is 5.38 Å². The van der Waals surface area contributed by atoms with Gasteiger partial charge in [-0.15, -0.1) is 11.6 Å². The number of hydrogen-bond acceptors (Lipinski definition) is 0. The Morgan fingerprint density at radius 3 is 2.22 bits per heavy atom. The Morgan fingerprint density at radius 1 is 0.833 bits per heavy atom. The fourth-order valence-corrected chi connectivity index (χ4v) is 2.79. The monoisotopic (exact) mass is 318 g/mol. The van der Waals surface area contributed by atoms with Gasteiger partial charge in [-0.25, -0.2) is 0 Å². The van der Waals surface area contributed by atoms with Crippen molar-refractivity contribution in [1.29, 1.82) is 0 Å². The third-order valence-electron chi connectivity index (χ3n) is 2.68. The molecule has 0 aliphatic heterocycles. The standard InChI is InChI=1S/C14H10Cl4/c15-11-6-2-1-4-9(11)8-13(17)10-5-3-7-12(16)14(10)18/h1-7,13H,8H2. The summed E-state index contributed by atoms with van der Waals surface area (Å²) in [5, 5.41) is 1.47. The van der Waals surface area contributed by atoms with Crippen molar-refractivity contribution >= 4 is 46.4 Å². The van der Waals surface area contributed by atoms with E-state index in [1.54, 1.807) is 6.07 Å². The Kier molecular flexibility index (Phi) is 4.80. The second-order valence-electron chi connectivity index (χ2n) is 3.91. The molecule has 0 nitrogen and oxygen atoms in total. The lowest BCUT2D eigenvalue weighted by atomic mass is 10.0. The molecular weight excluding hydrogens is 310 g/mol. The number of halogens is 4. The lowest BCUT2D eigenvalue weighted by Gasteiger charge is -2.13. The SMILES string of the molecule is Clc1ccccc1CC(Cl)c1cccc(Cl)c1Cl. The Labute approximate surface area is 126 Å². The highest BCUT2D eigenvalue weighted by molar-refractivity contribution is 6.43. The normalized spacial score (nSPS) is 12.4. The largest absolute Gasteiger partial charge is 0.117 e. The van der Waals surface area contributed by atoms with E-state index in [2.05, 4.69) is 0 Å². The highest BCUT2D eigenvalue weighted by Crippen LogP contribution is 2.35. The second kappa shape index (κ2) is 6.16. The molecule has 0 radical (unpaired) electrons. The first-order chi connectivity index (χ1) is 8.59. The molecule has 0 fully saturated rings. The zero-order valence-electron chi connectivity index (χ0n) is 9.34. The zero-order valence-corrected chi connectivity index (χ0v) is 12.4. The number of benzene rings is 2. The Hall–Kier alpha value is -0.400. The van der Waals surface area contributed by atoms with Gasteiger partial charge in [-0.3, -0.25) is 0 Å². The molecule has 0 N–H and O–H groups in total. The Balaban J connectivity index is 2.25. The van der Waals surface area contributed by atoms with E-state index in [4.69, 9.17) is 46.4 Å².